The molecule has 0 aliphatic rings. The fourth-order valence-corrected chi connectivity index (χ4v) is 2.03. The highest BCUT2D eigenvalue weighted by atomic mass is 16.5. The lowest BCUT2D eigenvalue weighted by Crippen LogP contribution is -1.98. The molecule has 0 spiro atoms. The SMILES string of the molecule is CC(O)c1cccnc1Oc1ccc2cccnc2c1. The summed E-state index contributed by atoms with van der Waals surface area (Å²) in [6.45, 7) is 1.69. The van der Waals surface area contributed by atoms with E-state index in [0.29, 0.717) is 17.2 Å². The lowest BCUT2D eigenvalue weighted by atomic mass is 10.2. The van der Waals surface area contributed by atoms with E-state index in [1.54, 1.807) is 31.5 Å². The summed E-state index contributed by atoms with van der Waals surface area (Å²) in [6, 6.07) is 13.1. The number of rotatable bonds is 3. The van der Waals surface area contributed by atoms with Crippen molar-refractivity contribution >= 4 is 10.9 Å². The maximum Gasteiger partial charge on any atom is 0.225 e. The van der Waals surface area contributed by atoms with Crippen molar-refractivity contribution in [3.8, 4) is 11.6 Å². The van der Waals surface area contributed by atoms with Crippen LogP contribution in [-0.4, -0.2) is 15.1 Å². The van der Waals surface area contributed by atoms with Gasteiger partial charge in [-0.15, -0.1) is 0 Å². The first-order valence-electron chi connectivity index (χ1n) is 6.39. The normalized spacial score (nSPS) is 12.3. The number of aromatic nitrogens is 2. The Kier molecular flexibility index (Phi) is 3.31. The number of pyridine rings is 2. The van der Waals surface area contributed by atoms with E-state index in [0.717, 1.165) is 10.9 Å². The van der Waals surface area contributed by atoms with Crippen LogP contribution in [-0.2, 0) is 0 Å². The quantitative estimate of drug-likeness (QED) is 0.788. The van der Waals surface area contributed by atoms with Gasteiger partial charge in [-0.3, -0.25) is 4.98 Å². The lowest BCUT2D eigenvalue weighted by Gasteiger charge is -2.11. The van der Waals surface area contributed by atoms with Crippen LogP contribution < -0.4 is 4.74 Å². The summed E-state index contributed by atoms with van der Waals surface area (Å²) >= 11 is 0. The highest BCUT2D eigenvalue weighted by Gasteiger charge is 2.11. The Balaban J connectivity index is 1.97. The van der Waals surface area contributed by atoms with E-state index in [1.165, 1.54) is 0 Å². The van der Waals surface area contributed by atoms with Gasteiger partial charge in [0.15, 0.2) is 0 Å². The largest absolute Gasteiger partial charge is 0.439 e. The molecule has 1 unspecified atom stereocenters. The maximum absolute atomic E-state index is 9.72. The Morgan fingerprint density at radius 2 is 1.85 bits per heavy atom. The second-order valence-corrected chi connectivity index (χ2v) is 4.53. The number of fused-ring (bicyclic) bond motifs is 1. The van der Waals surface area contributed by atoms with E-state index in [1.807, 2.05) is 30.3 Å². The molecule has 0 fully saturated rings. The van der Waals surface area contributed by atoms with E-state index in [2.05, 4.69) is 9.97 Å². The summed E-state index contributed by atoms with van der Waals surface area (Å²) in [6.07, 6.45) is 2.76. The zero-order chi connectivity index (χ0) is 13.9. The van der Waals surface area contributed by atoms with E-state index >= 15 is 0 Å². The van der Waals surface area contributed by atoms with Crippen molar-refractivity contribution in [2.45, 2.75) is 13.0 Å². The first-order valence-corrected chi connectivity index (χ1v) is 6.39. The van der Waals surface area contributed by atoms with Crippen molar-refractivity contribution < 1.29 is 9.84 Å². The van der Waals surface area contributed by atoms with Crippen molar-refractivity contribution in [3.05, 3.63) is 60.4 Å². The topological polar surface area (TPSA) is 55.2 Å². The molecule has 2 aromatic heterocycles. The van der Waals surface area contributed by atoms with Crippen LogP contribution in [0.1, 0.15) is 18.6 Å². The van der Waals surface area contributed by atoms with Crippen molar-refractivity contribution in [2.75, 3.05) is 0 Å². The fraction of sp³-hybridized carbons (Fsp3) is 0.125. The summed E-state index contributed by atoms with van der Waals surface area (Å²) in [5.41, 5.74) is 1.52. The van der Waals surface area contributed by atoms with Crippen LogP contribution in [0.25, 0.3) is 10.9 Å². The van der Waals surface area contributed by atoms with Gasteiger partial charge in [-0.2, -0.15) is 0 Å². The van der Waals surface area contributed by atoms with Crippen molar-refractivity contribution in [3.63, 3.8) is 0 Å². The van der Waals surface area contributed by atoms with Crippen LogP contribution in [0.5, 0.6) is 11.6 Å². The van der Waals surface area contributed by atoms with Crippen LogP contribution in [0.3, 0.4) is 0 Å². The molecule has 4 heteroatoms. The fourth-order valence-electron chi connectivity index (χ4n) is 2.03. The molecular weight excluding hydrogens is 252 g/mol. The molecule has 1 atom stereocenters. The van der Waals surface area contributed by atoms with Gasteiger partial charge in [0.1, 0.15) is 5.75 Å². The predicted octanol–water partition coefficient (Wildman–Crippen LogP) is 3.48. The van der Waals surface area contributed by atoms with Gasteiger partial charge in [0.2, 0.25) is 5.88 Å². The van der Waals surface area contributed by atoms with Crippen molar-refractivity contribution in [2.24, 2.45) is 0 Å². The Bertz CT molecular complexity index is 741. The summed E-state index contributed by atoms with van der Waals surface area (Å²) in [5, 5.41) is 10.8. The van der Waals surface area contributed by atoms with Crippen LogP contribution in [0.2, 0.25) is 0 Å². The minimum Gasteiger partial charge on any atom is -0.439 e. The molecule has 0 aliphatic carbocycles. The molecule has 0 radical (unpaired) electrons. The van der Waals surface area contributed by atoms with E-state index in [4.69, 9.17) is 4.74 Å². The van der Waals surface area contributed by atoms with E-state index < -0.39 is 6.10 Å². The van der Waals surface area contributed by atoms with Crippen LogP contribution in [0.15, 0.2) is 54.9 Å². The van der Waals surface area contributed by atoms with E-state index in [-0.39, 0.29) is 0 Å². The van der Waals surface area contributed by atoms with E-state index in [9.17, 15) is 5.11 Å². The highest BCUT2D eigenvalue weighted by molar-refractivity contribution is 5.79. The first-order chi connectivity index (χ1) is 9.74. The molecule has 1 N–H and O–H groups in total. The first kappa shape index (κ1) is 12.6. The molecule has 0 aliphatic heterocycles. The second-order valence-electron chi connectivity index (χ2n) is 4.53. The summed E-state index contributed by atoms with van der Waals surface area (Å²) in [7, 11) is 0. The van der Waals surface area contributed by atoms with Gasteiger partial charge in [-0.1, -0.05) is 6.07 Å². The van der Waals surface area contributed by atoms with Gasteiger partial charge < -0.3 is 9.84 Å². The minimum atomic E-state index is -0.628. The molecule has 100 valence electrons. The van der Waals surface area contributed by atoms with Gasteiger partial charge in [0, 0.05) is 29.4 Å². The molecule has 0 saturated heterocycles. The Labute approximate surface area is 116 Å². The third kappa shape index (κ3) is 2.46. The van der Waals surface area contributed by atoms with Gasteiger partial charge in [0.25, 0.3) is 0 Å². The van der Waals surface area contributed by atoms with Crippen LogP contribution >= 0.6 is 0 Å². The number of nitrogens with zero attached hydrogens (tertiary/aromatic N) is 2. The molecule has 2 heterocycles. The standard InChI is InChI=1S/C16H14N2O2/c1-11(19)14-5-3-9-18-16(14)20-13-7-6-12-4-2-8-17-15(12)10-13/h2-11,19H,1H3. The van der Waals surface area contributed by atoms with Gasteiger partial charge in [-0.05, 0) is 37.3 Å². The molecule has 0 amide bonds. The minimum absolute atomic E-state index is 0.415. The maximum atomic E-state index is 9.72. The molecular formula is C16H14N2O2. The predicted molar refractivity (Wildman–Crippen MR) is 76.7 cm³/mol. The summed E-state index contributed by atoms with van der Waals surface area (Å²) < 4.78 is 5.77. The monoisotopic (exact) mass is 266 g/mol. The summed E-state index contributed by atoms with van der Waals surface area (Å²) in [4.78, 5) is 8.46. The van der Waals surface area contributed by atoms with Gasteiger partial charge in [-0.25, -0.2) is 4.98 Å². The van der Waals surface area contributed by atoms with Gasteiger partial charge >= 0.3 is 0 Å². The Hall–Kier alpha value is -2.46. The molecule has 3 rings (SSSR count). The zero-order valence-electron chi connectivity index (χ0n) is 11.0. The summed E-state index contributed by atoms with van der Waals surface area (Å²) in [5.74, 6) is 1.06. The highest BCUT2D eigenvalue weighted by Crippen LogP contribution is 2.28. The number of hydrogen-bond donors (Lipinski definition) is 1. The molecule has 0 bridgehead atoms. The molecule has 1 aromatic carbocycles. The zero-order valence-corrected chi connectivity index (χ0v) is 11.0. The molecule has 3 aromatic rings. The third-order valence-corrected chi connectivity index (χ3v) is 3.04. The average Bonchev–Trinajstić information content (AvgIpc) is 2.47. The Morgan fingerprint density at radius 1 is 1.05 bits per heavy atom. The third-order valence-electron chi connectivity index (χ3n) is 3.04. The molecule has 4 nitrogen and oxygen atoms in total. The molecule has 0 saturated carbocycles. The number of aliphatic hydroxyl groups is 1. The number of hydrogen-bond acceptors (Lipinski definition) is 4. The lowest BCUT2D eigenvalue weighted by molar-refractivity contribution is 0.194. The van der Waals surface area contributed by atoms with Crippen molar-refractivity contribution in [1.29, 1.82) is 0 Å². The Morgan fingerprint density at radius 3 is 2.70 bits per heavy atom. The molecule has 20 heavy (non-hydrogen) atoms. The van der Waals surface area contributed by atoms with Crippen LogP contribution in [0.4, 0.5) is 0 Å². The van der Waals surface area contributed by atoms with Crippen molar-refractivity contribution in [1.82, 2.24) is 9.97 Å². The van der Waals surface area contributed by atoms with Crippen LogP contribution in [0, 0.1) is 0 Å². The van der Waals surface area contributed by atoms with Gasteiger partial charge in [0.05, 0.1) is 11.6 Å². The second kappa shape index (κ2) is 5.27. The number of aliphatic hydroxyl groups excluding tert-OH is 1. The number of ether oxygens (including phenoxy) is 1. The smallest absolute Gasteiger partial charge is 0.225 e. The average molecular weight is 266 g/mol. The number of benzene rings is 1.